The molecular weight excluding hydrogens is 307 g/mol. The fourth-order valence-electron chi connectivity index (χ4n) is 3.40. The summed E-state index contributed by atoms with van der Waals surface area (Å²) in [6.07, 6.45) is 4.72. The predicted molar refractivity (Wildman–Crippen MR) is 90.6 cm³/mol. The summed E-state index contributed by atoms with van der Waals surface area (Å²) >= 11 is 0. The van der Waals surface area contributed by atoms with Crippen molar-refractivity contribution in [2.75, 3.05) is 26.7 Å². The van der Waals surface area contributed by atoms with Crippen molar-refractivity contribution < 1.29 is 14.0 Å². The average molecular weight is 330 g/mol. The van der Waals surface area contributed by atoms with Gasteiger partial charge in [-0.15, -0.1) is 0 Å². The summed E-state index contributed by atoms with van der Waals surface area (Å²) < 4.78 is 13.2. The van der Waals surface area contributed by atoms with Gasteiger partial charge in [-0.3, -0.25) is 9.59 Å². The Morgan fingerprint density at radius 3 is 2.67 bits per heavy atom. The topological polar surface area (TPSA) is 40.6 Å². The Balaban J connectivity index is 1.57. The standard InChI is InChI=1S/C19H23FN2O2/c1-21-8-7-16(13-18(21)23)19(24)22-9-5-14(6-10-22)11-15-3-2-4-17(20)12-15/h2-4,11-12,16H,5-10,13H2,1H3/t16-/m0/s1. The molecule has 0 spiro atoms. The van der Waals surface area contributed by atoms with Gasteiger partial charge in [0.15, 0.2) is 0 Å². The van der Waals surface area contributed by atoms with Gasteiger partial charge in [0.05, 0.1) is 0 Å². The van der Waals surface area contributed by atoms with Crippen molar-refractivity contribution in [2.24, 2.45) is 5.92 Å². The molecule has 0 bridgehead atoms. The highest BCUT2D eigenvalue weighted by atomic mass is 19.1. The zero-order valence-corrected chi connectivity index (χ0v) is 14.0. The van der Waals surface area contributed by atoms with Gasteiger partial charge >= 0.3 is 0 Å². The van der Waals surface area contributed by atoms with E-state index in [1.165, 1.54) is 17.7 Å². The number of likely N-dealkylation sites (tertiary alicyclic amines) is 2. The van der Waals surface area contributed by atoms with Crippen LogP contribution in [-0.2, 0) is 9.59 Å². The monoisotopic (exact) mass is 330 g/mol. The molecule has 2 aliphatic heterocycles. The molecule has 2 aliphatic rings. The Morgan fingerprint density at radius 1 is 1.25 bits per heavy atom. The molecule has 24 heavy (non-hydrogen) atoms. The fraction of sp³-hybridized carbons (Fsp3) is 0.474. The van der Waals surface area contributed by atoms with Crippen LogP contribution in [0.15, 0.2) is 29.8 Å². The second-order valence-electron chi connectivity index (χ2n) is 6.69. The van der Waals surface area contributed by atoms with Gasteiger partial charge in [0.25, 0.3) is 0 Å². The second-order valence-corrected chi connectivity index (χ2v) is 6.69. The molecule has 0 unspecified atom stereocenters. The summed E-state index contributed by atoms with van der Waals surface area (Å²) in [5.74, 6) is -0.226. The van der Waals surface area contributed by atoms with Crippen LogP contribution in [0.2, 0.25) is 0 Å². The van der Waals surface area contributed by atoms with Gasteiger partial charge < -0.3 is 9.80 Å². The molecule has 0 aromatic heterocycles. The lowest BCUT2D eigenvalue weighted by Gasteiger charge is -2.34. The average Bonchev–Trinajstić information content (AvgIpc) is 2.57. The number of rotatable bonds is 2. The summed E-state index contributed by atoms with van der Waals surface area (Å²) in [7, 11) is 1.79. The van der Waals surface area contributed by atoms with Gasteiger partial charge in [-0.25, -0.2) is 4.39 Å². The van der Waals surface area contributed by atoms with Gasteiger partial charge in [0.1, 0.15) is 5.82 Å². The second kappa shape index (κ2) is 7.16. The number of hydrogen-bond donors (Lipinski definition) is 0. The number of amides is 2. The highest BCUT2D eigenvalue weighted by molar-refractivity contribution is 5.87. The van der Waals surface area contributed by atoms with Crippen molar-refractivity contribution in [2.45, 2.75) is 25.7 Å². The van der Waals surface area contributed by atoms with E-state index in [0.717, 1.165) is 24.8 Å². The van der Waals surface area contributed by atoms with Crippen LogP contribution in [-0.4, -0.2) is 48.3 Å². The quantitative estimate of drug-likeness (QED) is 0.836. The summed E-state index contributed by atoms with van der Waals surface area (Å²) in [4.78, 5) is 28.0. The number of hydrogen-bond acceptors (Lipinski definition) is 2. The molecule has 2 saturated heterocycles. The fourth-order valence-corrected chi connectivity index (χ4v) is 3.40. The maximum absolute atomic E-state index is 13.2. The lowest BCUT2D eigenvalue weighted by molar-refractivity contribution is -0.144. The molecule has 0 N–H and O–H groups in total. The van der Waals surface area contributed by atoms with Crippen molar-refractivity contribution in [3.63, 3.8) is 0 Å². The minimum absolute atomic E-state index is 0.0586. The number of halogens is 1. The summed E-state index contributed by atoms with van der Waals surface area (Å²) in [6, 6.07) is 6.55. The Labute approximate surface area is 141 Å². The first-order valence-corrected chi connectivity index (χ1v) is 8.50. The maximum Gasteiger partial charge on any atom is 0.226 e. The van der Waals surface area contributed by atoms with Crippen LogP contribution < -0.4 is 0 Å². The third-order valence-electron chi connectivity index (χ3n) is 4.95. The SMILES string of the molecule is CN1CC[C@H](C(=O)N2CCC(=Cc3cccc(F)c3)CC2)CC1=O. The molecule has 5 heteroatoms. The van der Waals surface area contributed by atoms with Gasteiger partial charge in [0.2, 0.25) is 11.8 Å². The first-order chi connectivity index (χ1) is 11.5. The third kappa shape index (κ3) is 3.83. The minimum atomic E-state index is -0.233. The van der Waals surface area contributed by atoms with Crippen molar-refractivity contribution in [1.29, 1.82) is 0 Å². The first-order valence-electron chi connectivity index (χ1n) is 8.50. The number of carbonyl (C=O) groups excluding carboxylic acids is 2. The molecule has 0 aliphatic carbocycles. The molecule has 0 saturated carbocycles. The number of nitrogens with zero attached hydrogens (tertiary/aromatic N) is 2. The number of benzene rings is 1. The zero-order valence-electron chi connectivity index (χ0n) is 14.0. The Hall–Kier alpha value is -2.17. The van der Waals surface area contributed by atoms with Crippen LogP contribution in [0.3, 0.4) is 0 Å². The van der Waals surface area contributed by atoms with E-state index < -0.39 is 0 Å². The molecule has 2 fully saturated rings. The molecule has 2 amide bonds. The zero-order chi connectivity index (χ0) is 17.1. The van der Waals surface area contributed by atoms with Crippen LogP contribution >= 0.6 is 0 Å². The molecule has 1 aromatic rings. The van der Waals surface area contributed by atoms with Crippen molar-refractivity contribution >= 4 is 17.9 Å². The predicted octanol–water partition coefficient (Wildman–Crippen LogP) is 2.70. The highest BCUT2D eigenvalue weighted by Crippen LogP contribution is 2.24. The van der Waals surface area contributed by atoms with E-state index >= 15 is 0 Å². The summed E-state index contributed by atoms with van der Waals surface area (Å²) in [5.41, 5.74) is 2.11. The van der Waals surface area contributed by atoms with E-state index in [1.807, 2.05) is 17.0 Å². The van der Waals surface area contributed by atoms with Crippen LogP contribution in [0.1, 0.15) is 31.2 Å². The van der Waals surface area contributed by atoms with E-state index in [1.54, 1.807) is 18.0 Å². The lowest BCUT2D eigenvalue weighted by atomic mass is 9.93. The largest absolute Gasteiger partial charge is 0.346 e. The van der Waals surface area contributed by atoms with Gasteiger partial charge in [-0.2, -0.15) is 0 Å². The molecule has 4 nitrogen and oxygen atoms in total. The van der Waals surface area contributed by atoms with Crippen molar-refractivity contribution in [3.05, 3.63) is 41.2 Å². The molecule has 128 valence electrons. The highest BCUT2D eigenvalue weighted by Gasteiger charge is 2.32. The number of piperidine rings is 2. The van der Waals surface area contributed by atoms with Crippen LogP contribution in [0.5, 0.6) is 0 Å². The normalized spacial score (nSPS) is 21.8. The van der Waals surface area contributed by atoms with Crippen molar-refractivity contribution in [3.8, 4) is 0 Å². The first kappa shape index (κ1) is 16.7. The van der Waals surface area contributed by atoms with E-state index in [-0.39, 0.29) is 23.5 Å². The lowest BCUT2D eigenvalue weighted by Crippen LogP contribution is -2.45. The molecule has 1 aromatic carbocycles. The Bertz CT molecular complexity index is 661. The van der Waals surface area contributed by atoms with E-state index in [9.17, 15) is 14.0 Å². The molecule has 1 atom stereocenters. The summed E-state index contributed by atoms with van der Waals surface area (Å²) in [5, 5.41) is 0. The van der Waals surface area contributed by atoms with Gasteiger partial charge in [-0.1, -0.05) is 23.8 Å². The van der Waals surface area contributed by atoms with Crippen LogP contribution in [0, 0.1) is 11.7 Å². The Kier molecular flexibility index (Phi) is 4.97. The Morgan fingerprint density at radius 2 is 2.00 bits per heavy atom. The van der Waals surface area contributed by atoms with E-state index in [0.29, 0.717) is 26.1 Å². The minimum Gasteiger partial charge on any atom is -0.346 e. The van der Waals surface area contributed by atoms with Gasteiger partial charge in [-0.05, 0) is 37.0 Å². The van der Waals surface area contributed by atoms with Crippen LogP contribution in [0.4, 0.5) is 4.39 Å². The van der Waals surface area contributed by atoms with Crippen LogP contribution in [0.25, 0.3) is 6.08 Å². The third-order valence-corrected chi connectivity index (χ3v) is 4.95. The van der Waals surface area contributed by atoms with E-state index in [4.69, 9.17) is 0 Å². The van der Waals surface area contributed by atoms with Gasteiger partial charge in [0, 0.05) is 39.0 Å². The maximum atomic E-state index is 13.2. The molecule has 0 radical (unpaired) electrons. The summed E-state index contributed by atoms with van der Waals surface area (Å²) in [6.45, 7) is 2.02. The smallest absolute Gasteiger partial charge is 0.226 e. The van der Waals surface area contributed by atoms with Crippen molar-refractivity contribution in [1.82, 2.24) is 9.80 Å². The molecular formula is C19H23FN2O2. The molecule has 3 rings (SSSR count). The van der Waals surface area contributed by atoms with E-state index in [2.05, 4.69) is 0 Å². The molecule has 2 heterocycles. The number of carbonyl (C=O) groups is 2.